The first-order valence-corrected chi connectivity index (χ1v) is 44.4. The van der Waals surface area contributed by atoms with E-state index in [1.807, 2.05) is 0 Å². The molecule has 99 heavy (non-hydrogen) atoms. The second kappa shape index (κ2) is 70.4. The van der Waals surface area contributed by atoms with Crippen LogP contribution in [0.1, 0.15) is 414 Å². The van der Waals surface area contributed by atoms with Crippen molar-refractivity contribution in [3.63, 3.8) is 0 Å². The lowest BCUT2D eigenvalue weighted by Crippen LogP contribution is -2.30. The van der Waals surface area contributed by atoms with Gasteiger partial charge < -0.3 is 33.8 Å². The van der Waals surface area contributed by atoms with Gasteiger partial charge in [0.05, 0.1) is 26.4 Å². The molecule has 0 aliphatic heterocycles. The largest absolute Gasteiger partial charge is 0.472 e. The Kier molecular flexibility index (Phi) is 69.0. The zero-order chi connectivity index (χ0) is 73.0. The molecule has 0 aliphatic carbocycles. The van der Waals surface area contributed by atoms with E-state index in [0.717, 1.165) is 108 Å². The number of ether oxygens (including phenoxy) is 4. The molecule has 3 N–H and O–H groups in total. The fourth-order valence-electron chi connectivity index (χ4n) is 12.3. The minimum Gasteiger partial charge on any atom is -0.462 e. The molecule has 588 valence electrons. The number of esters is 4. The summed E-state index contributed by atoms with van der Waals surface area (Å²) in [7, 11) is -9.92. The summed E-state index contributed by atoms with van der Waals surface area (Å²) in [6, 6.07) is 0. The summed E-state index contributed by atoms with van der Waals surface area (Å²) < 4.78 is 68.6. The Labute approximate surface area is 607 Å². The van der Waals surface area contributed by atoms with Crippen LogP contribution in [-0.4, -0.2) is 96.7 Å². The SMILES string of the molecule is CCCCCCCCCCCCCCCC(=O)O[C@H](COC(=O)CCCCCCCCC(C)C)COP(=O)(O)OC[C@H](O)COP(=O)(O)OC[C@@H](COC(=O)CCCCCCCCCCCCCCCCC(C)CC)OC(=O)CCCCCCCCCCCCCCCCCCC(C)C. The van der Waals surface area contributed by atoms with Crippen molar-refractivity contribution in [2.24, 2.45) is 17.8 Å². The van der Waals surface area contributed by atoms with Crippen molar-refractivity contribution >= 4 is 39.5 Å². The molecule has 0 rings (SSSR count). The first-order valence-electron chi connectivity index (χ1n) is 41.4. The quantitative estimate of drug-likeness (QED) is 0.0222. The summed E-state index contributed by atoms with van der Waals surface area (Å²) in [6.45, 7) is 11.9. The molecule has 17 nitrogen and oxygen atoms in total. The van der Waals surface area contributed by atoms with Crippen LogP contribution in [0.25, 0.3) is 0 Å². The summed E-state index contributed by atoms with van der Waals surface area (Å²) in [6.07, 6.45) is 58.3. The van der Waals surface area contributed by atoms with Crippen molar-refractivity contribution in [2.75, 3.05) is 39.6 Å². The number of carbonyl (C=O) groups excluding carboxylic acids is 4. The maximum Gasteiger partial charge on any atom is 0.472 e. The standard InChI is InChI=1S/C80H156O17P2/c1-8-10-11-12-13-14-15-22-30-35-40-49-56-63-80(85)97-76(68-91-78(83)62-55-48-43-42-45-52-59-72(5)6)70-95-99(88,89)93-66-74(81)65-92-98(86,87)94-69-75(67-90-77(82)61-54-47-39-34-29-25-21-20-24-28-33-38-46-53-60-73(7)9-2)96-79(84)64-57-50-41-36-31-26-19-17-16-18-23-27-32-37-44-51-58-71(3)4/h71-76,81H,8-70H2,1-7H3,(H,86,87)(H,88,89)/t73?,74-,75-,76-/m1/s1. The van der Waals surface area contributed by atoms with E-state index in [1.54, 1.807) is 0 Å². The van der Waals surface area contributed by atoms with E-state index in [-0.39, 0.29) is 25.7 Å². The third-order valence-electron chi connectivity index (χ3n) is 19.0. The minimum atomic E-state index is -4.96. The molecular formula is C80H156O17P2. The number of phosphoric acid groups is 2. The van der Waals surface area contributed by atoms with Gasteiger partial charge in [-0.25, -0.2) is 9.13 Å². The molecule has 19 heteroatoms. The van der Waals surface area contributed by atoms with Crippen LogP contribution >= 0.6 is 15.6 Å². The Hall–Kier alpha value is -1.94. The summed E-state index contributed by atoms with van der Waals surface area (Å²) in [4.78, 5) is 72.9. The lowest BCUT2D eigenvalue weighted by Gasteiger charge is -2.21. The van der Waals surface area contributed by atoms with Crippen molar-refractivity contribution in [3.05, 3.63) is 0 Å². The van der Waals surface area contributed by atoms with E-state index in [9.17, 15) is 43.2 Å². The lowest BCUT2D eigenvalue weighted by atomic mass is 9.99. The zero-order valence-corrected chi connectivity index (χ0v) is 66.8. The van der Waals surface area contributed by atoms with Gasteiger partial charge in [0.15, 0.2) is 12.2 Å². The van der Waals surface area contributed by atoms with Crippen molar-refractivity contribution in [2.45, 2.75) is 433 Å². The number of unbranched alkanes of at least 4 members (excludes halogenated alkanes) is 45. The molecule has 0 bridgehead atoms. The van der Waals surface area contributed by atoms with Crippen LogP contribution in [0, 0.1) is 17.8 Å². The molecule has 0 radical (unpaired) electrons. The summed E-state index contributed by atoms with van der Waals surface area (Å²) in [5.74, 6) is 0.226. The lowest BCUT2D eigenvalue weighted by molar-refractivity contribution is -0.161. The molecular weight excluding hydrogens is 1290 g/mol. The number of rotatable bonds is 78. The van der Waals surface area contributed by atoms with E-state index in [1.165, 1.54) is 218 Å². The number of hydrogen-bond acceptors (Lipinski definition) is 15. The molecule has 0 aromatic rings. The van der Waals surface area contributed by atoms with Crippen molar-refractivity contribution in [1.82, 2.24) is 0 Å². The highest BCUT2D eigenvalue weighted by atomic mass is 31.2. The third kappa shape index (κ3) is 72.8. The molecule has 0 amide bonds. The maximum atomic E-state index is 13.1. The van der Waals surface area contributed by atoms with Gasteiger partial charge in [0.25, 0.3) is 0 Å². The number of aliphatic hydroxyl groups is 1. The van der Waals surface area contributed by atoms with E-state index < -0.39 is 97.5 Å². The molecule has 0 saturated heterocycles. The van der Waals surface area contributed by atoms with Gasteiger partial charge in [-0.05, 0) is 43.4 Å². The Morgan fingerprint density at radius 3 is 0.768 bits per heavy atom. The van der Waals surface area contributed by atoms with Gasteiger partial charge in [-0.2, -0.15) is 0 Å². The molecule has 0 fully saturated rings. The summed E-state index contributed by atoms with van der Waals surface area (Å²) in [5.41, 5.74) is 0. The molecule has 0 aromatic carbocycles. The predicted octanol–water partition coefficient (Wildman–Crippen LogP) is 23.7. The Morgan fingerprint density at radius 2 is 0.515 bits per heavy atom. The maximum absolute atomic E-state index is 13.1. The van der Waals surface area contributed by atoms with Crippen molar-refractivity contribution in [3.8, 4) is 0 Å². The Bertz CT molecular complexity index is 1920. The predicted molar refractivity (Wildman–Crippen MR) is 405 cm³/mol. The fraction of sp³-hybridized carbons (Fsp3) is 0.950. The fourth-order valence-corrected chi connectivity index (χ4v) is 13.9. The van der Waals surface area contributed by atoms with E-state index in [2.05, 4.69) is 48.5 Å². The highest BCUT2D eigenvalue weighted by molar-refractivity contribution is 7.47. The zero-order valence-electron chi connectivity index (χ0n) is 65.0. The Morgan fingerprint density at radius 1 is 0.293 bits per heavy atom. The van der Waals surface area contributed by atoms with Crippen LogP contribution in [0.2, 0.25) is 0 Å². The first kappa shape index (κ1) is 97.1. The highest BCUT2D eigenvalue weighted by Crippen LogP contribution is 2.45. The van der Waals surface area contributed by atoms with E-state index >= 15 is 0 Å². The van der Waals surface area contributed by atoms with Crippen LogP contribution in [-0.2, 0) is 65.4 Å². The van der Waals surface area contributed by atoms with Crippen LogP contribution < -0.4 is 0 Å². The smallest absolute Gasteiger partial charge is 0.462 e. The topological polar surface area (TPSA) is 237 Å². The van der Waals surface area contributed by atoms with Crippen molar-refractivity contribution < 1.29 is 80.2 Å². The average Bonchev–Trinajstić information content (AvgIpc) is 3.63. The van der Waals surface area contributed by atoms with Crippen LogP contribution in [0.4, 0.5) is 0 Å². The Balaban J connectivity index is 5.22. The number of carbonyl (C=O) groups is 4. The molecule has 3 unspecified atom stereocenters. The normalized spacial score (nSPS) is 14.3. The number of phosphoric ester groups is 2. The second-order valence-corrected chi connectivity index (χ2v) is 32.9. The van der Waals surface area contributed by atoms with Gasteiger partial charge in [0.2, 0.25) is 0 Å². The molecule has 6 atom stereocenters. The van der Waals surface area contributed by atoms with Gasteiger partial charge >= 0.3 is 39.5 Å². The third-order valence-corrected chi connectivity index (χ3v) is 20.9. The van der Waals surface area contributed by atoms with Crippen molar-refractivity contribution in [1.29, 1.82) is 0 Å². The van der Waals surface area contributed by atoms with Gasteiger partial charge in [-0.1, -0.05) is 363 Å². The van der Waals surface area contributed by atoms with Gasteiger partial charge in [-0.15, -0.1) is 0 Å². The second-order valence-electron chi connectivity index (χ2n) is 30.0. The molecule has 0 aromatic heterocycles. The van der Waals surface area contributed by atoms with Crippen LogP contribution in [0.3, 0.4) is 0 Å². The van der Waals surface area contributed by atoms with Crippen LogP contribution in [0.5, 0.6) is 0 Å². The van der Waals surface area contributed by atoms with E-state index in [0.29, 0.717) is 31.6 Å². The summed E-state index contributed by atoms with van der Waals surface area (Å²) in [5, 5.41) is 10.6. The minimum absolute atomic E-state index is 0.107. The van der Waals surface area contributed by atoms with Gasteiger partial charge in [0, 0.05) is 25.7 Å². The molecule has 0 spiro atoms. The molecule has 0 saturated carbocycles. The van der Waals surface area contributed by atoms with Gasteiger partial charge in [0.1, 0.15) is 19.3 Å². The van der Waals surface area contributed by atoms with Gasteiger partial charge in [-0.3, -0.25) is 37.3 Å². The molecule has 0 heterocycles. The average molecular weight is 1450 g/mol. The number of aliphatic hydroxyl groups excluding tert-OH is 1. The number of hydrogen-bond donors (Lipinski definition) is 3. The summed E-state index contributed by atoms with van der Waals surface area (Å²) >= 11 is 0. The molecule has 0 aliphatic rings. The highest BCUT2D eigenvalue weighted by Gasteiger charge is 2.30. The first-order chi connectivity index (χ1) is 47.8. The van der Waals surface area contributed by atoms with Crippen LogP contribution in [0.15, 0.2) is 0 Å². The monoisotopic (exact) mass is 1450 g/mol. The van der Waals surface area contributed by atoms with E-state index in [4.69, 9.17) is 37.0 Å².